The first-order chi connectivity index (χ1) is 13.2. The van der Waals surface area contributed by atoms with Gasteiger partial charge in [-0.1, -0.05) is 6.07 Å². The number of carbonyl (C=O) groups is 1. The van der Waals surface area contributed by atoms with E-state index in [-0.39, 0.29) is 35.0 Å². The van der Waals surface area contributed by atoms with Crippen LogP contribution in [-0.2, 0) is 6.54 Å². The number of aromatic nitrogens is 2. The predicted octanol–water partition coefficient (Wildman–Crippen LogP) is 3.30. The van der Waals surface area contributed by atoms with Crippen molar-refractivity contribution in [2.24, 2.45) is 5.73 Å². The largest absolute Gasteiger partial charge is 0.586 e. The highest BCUT2D eigenvalue weighted by atomic mass is 19.3. The van der Waals surface area contributed by atoms with E-state index < -0.39 is 23.8 Å². The van der Waals surface area contributed by atoms with E-state index in [0.717, 1.165) is 16.8 Å². The van der Waals surface area contributed by atoms with Crippen LogP contribution in [0.25, 0.3) is 11.3 Å². The molecule has 0 saturated heterocycles. The first-order valence-corrected chi connectivity index (χ1v) is 7.94. The molecule has 10 heteroatoms. The van der Waals surface area contributed by atoms with E-state index in [1.165, 1.54) is 30.3 Å². The minimum absolute atomic E-state index is 0.158. The van der Waals surface area contributed by atoms with E-state index in [1.807, 2.05) is 0 Å². The van der Waals surface area contributed by atoms with Crippen molar-refractivity contribution < 1.29 is 31.8 Å². The molecule has 1 aliphatic rings. The summed E-state index contributed by atoms with van der Waals surface area (Å²) in [6, 6.07) is 8.57. The molecule has 28 heavy (non-hydrogen) atoms. The number of nitrogens with zero attached hydrogens (tertiary/aromatic N) is 2. The van der Waals surface area contributed by atoms with Crippen LogP contribution >= 0.6 is 0 Å². The average Bonchev–Trinajstić information content (AvgIpc) is 3.16. The number of ether oxygens (including phenoxy) is 2. The predicted molar refractivity (Wildman–Crippen MR) is 87.8 cm³/mol. The van der Waals surface area contributed by atoms with Crippen molar-refractivity contribution >= 4 is 5.91 Å². The average molecular weight is 393 g/mol. The summed E-state index contributed by atoms with van der Waals surface area (Å²) >= 11 is 0. The molecule has 0 unspecified atom stereocenters. The van der Waals surface area contributed by atoms with Crippen LogP contribution in [0.5, 0.6) is 11.5 Å². The van der Waals surface area contributed by atoms with Gasteiger partial charge in [0.05, 0.1) is 12.2 Å². The summed E-state index contributed by atoms with van der Waals surface area (Å²) in [6.07, 6.45) is -3.80. The highest BCUT2D eigenvalue weighted by molar-refractivity contribution is 5.92. The van der Waals surface area contributed by atoms with Gasteiger partial charge < -0.3 is 15.2 Å². The summed E-state index contributed by atoms with van der Waals surface area (Å²) in [5.74, 6) is -2.86. The lowest BCUT2D eigenvalue weighted by Gasteiger charge is -2.10. The zero-order valence-corrected chi connectivity index (χ0v) is 14.0. The molecule has 6 nitrogen and oxygen atoms in total. The minimum atomic E-state index is -3.80. The second-order valence-corrected chi connectivity index (χ2v) is 5.97. The van der Waals surface area contributed by atoms with E-state index in [2.05, 4.69) is 14.6 Å². The molecule has 0 atom stereocenters. The van der Waals surface area contributed by atoms with E-state index in [9.17, 15) is 22.4 Å². The van der Waals surface area contributed by atoms with E-state index in [0.29, 0.717) is 5.56 Å². The van der Waals surface area contributed by atoms with Crippen LogP contribution in [0.15, 0.2) is 42.5 Å². The summed E-state index contributed by atoms with van der Waals surface area (Å²) in [7, 11) is 0. The molecule has 4 rings (SSSR count). The topological polar surface area (TPSA) is 79.4 Å². The van der Waals surface area contributed by atoms with E-state index in [4.69, 9.17) is 5.73 Å². The van der Waals surface area contributed by atoms with Crippen LogP contribution in [0.4, 0.5) is 17.6 Å². The molecule has 3 aromatic rings. The molecule has 0 radical (unpaired) electrons. The summed E-state index contributed by atoms with van der Waals surface area (Å²) < 4.78 is 64.4. The molecule has 2 aromatic carbocycles. The molecular weight excluding hydrogens is 382 g/mol. The molecule has 0 aliphatic carbocycles. The summed E-state index contributed by atoms with van der Waals surface area (Å²) in [6.45, 7) is -0.355. The lowest BCUT2D eigenvalue weighted by molar-refractivity contribution is -0.286. The Morgan fingerprint density at radius 2 is 1.75 bits per heavy atom. The number of fused-ring (bicyclic) bond motifs is 1. The monoisotopic (exact) mass is 393 g/mol. The molecule has 0 fully saturated rings. The SMILES string of the molecule is NC(=O)c1cc(-c2ccc3c(c2)OC(F)(F)O3)n(Cc2c(F)cccc2F)n1. The maximum absolute atomic E-state index is 14.0. The zero-order valence-electron chi connectivity index (χ0n) is 14.0. The minimum Gasteiger partial charge on any atom is -0.395 e. The number of nitrogens with two attached hydrogens (primary N) is 1. The molecular formula is C18H11F4N3O3. The fourth-order valence-electron chi connectivity index (χ4n) is 2.83. The van der Waals surface area contributed by atoms with Crippen molar-refractivity contribution in [3.8, 4) is 22.8 Å². The van der Waals surface area contributed by atoms with Gasteiger partial charge in [-0.3, -0.25) is 9.48 Å². The molecule has 0 spiro atoms. The lowest BCUT2D eigenvalue weighted by atomic mass is 10.1. The molecule has 1 aromatic heterocycles. The van der Waals surface area contributed by atoms with Crippen molar-refractivity contribution in [2.45, 2.75) is 12.8 Å². The van der Waals surface area contributed by atoms with Gasteiger partial charge in [0.1, 0.15) is 11.6 Å². The van der Waals surface area contributed by atoms with Gasteiger partial charge in [0.25, 0.3) is 5.91 Å². The molecule has 2 heterocycles. The van der Waals surface area contributed by atoms with Gasteiger partial charge in [-0.05, 0) is 36.4 Å². The van der Waals surface area contributed by atoms with Crippen LogP contribution in [-0.4, -0.2) is 22.0 Å². The maximum Gasteiger partial charge on any atom is 0.586 e. The van der Waals surface area contributed by atoms with E-state index in [1.54, 1.807) is 0 Å². The third kappa shape index (κ3) is 3.13. The molecule has 144 valence electrons. The van der Waals surface area contributed by atoms with Gasteiger partial charge in [-0.2, -0.15) is 5.10 Å². The number of rotatable bonds is 4. The quantitative estimate of drug-likeness (QED) is 0.690. The van der Waals surface area contributed by atoms with Gasteiger partial charge in [0.15, 0.2) is 17.2 Å². The Labute approximate surface area is 155 Å². The van der Waals surface area contributed by atoms with E-state index >= 15 is 0 Å². The standard InChI is InChI=1S/C18H11F4N3O3/c19-11-2-1-3-12(20)10(11)8-25-14(7-13(24-25)17(23)26)9-4-5-15-16(6-9)28-18(21,22)27-15/h1-7H,8H2,(H2,23,26). The van der Waals surface area contributed by atoms with Crippen molar-refractivity contribution in [1.82, 2.24) is 9.78 Å². The smallest absolute Gasteiger partial charge is 0.395 e. The number of alkyl halides is 2. The number of carbonyl (C=O) groups excluding carboxylic acids is 1. The zero-order chi connectivity index (χ0) is 20.1. The Kier molecular flexibility index (Phi) is 3.98. The van der Waals surface area contributed by atoms with Gasteiger partial charge in [0.2, 0.25) is 0 Å². The fraction of sp³-hybridized carbons (Fsp3) is 0.111. The number of hydrogen-bond acceptors (Lipinski definition) is 4. The number of hydrogen-bond donors (Lipinski definition) is 1. The number of benzene rings is 2. The molecule has 1 amide bonds. The highest BCUT2D eigenvalue weighted by Gasteiger charge is 2.43. The van der Waals surface area contributed by atoms with Crippen molar-refractivity contribution in [1.29, 1.82) is 0 Å². The molecule has 2 N–H and O–H groups in total. The van der Waals surface area contributed by atoms with Crippen molar-refractivity contribution in [2.75, 3.05) is 0 Å². The Hall–Kier alpha value is -3.56. The van der Waals surface area contributed by atoms with Crippen LogP contribution in [0.1, 0.15) is 16.1 Å². The van der Waals surface area contributed by atoms with Crippen LogP contribution in [0, 0.1) is 11.6 Å². The maximum atomic E-state index is 14.0. The molecule has 0 saturated carbocycles. The number of halogens is 4. The third-order valence-corrected chi connectivity index (χ3v) is 4.10. The number of amides is 1. The normalized spacial score (nSPS) is 14.3. The Bertz CT molecular complexity index is 1080. The second-order valence-electron chi connectivity index (χ2n) is 5.97. The second kappa shape index (κ2) is 6.25. The molecule has 1 aliphatic heterocycles. The fourth-order valence-corrected chi connectivity index (χ4v) is 2.83. The Balaban J connectivity index is 1.79. The van der Waals surface area contributed by atoms with Crippen molar-refractivity contribution in [3.63, 3.8) is 0 Å². The lowest BCUT2D eigenvalue weighted by Crippen LogP contribution is -2.25. The van der Waals surface area contributed by atoms with Crippen molar-refractivity contribution in [3.05, 3.63) is 65.4 Å². The highest BCUT2D eigenvalue weighted by Crippen LogP contribution is 2.43. The summed E-state index contributed by atoms with van der Waals surface area (Å²) in [5.41, 5.74) is 5.33. The van der Waals surface area contributed by atoms with Crippen LogP contribution in [0.2, 0.25) is 0 Å². The first-order valence-electron chi connectivity index (χ1n) is 7.94. The Morgan fingerprint density at radius 3 is 2.43 bits per heavy atom. The van der Waals surface area contributed by atoms with Gasteiger partial charge in [-0.25, -0.2) is 8.78 Å². The summed E-state index contributed by atoms with van der Waals surface area (Å²) in [4.78, 5) is 11.5. The first kappa shape index (κ1) is 17.8. The number of primary amides is 1. The summed E-state index contributed by atoms with van der Waals surface area (Å²) in [5, 5.41) is 3.97. The van der Waals surface area contributed by atoms with Crippen LogP contribution in [0.3, 0.4) is 0 Å². The third-order valence-electron chi connectivity index (χ3n) is 4.10. The van der Waals surface area contributed by atoms with Gasteiger partial charge in [-0.15, -0.1) is 8.78 Å². The van der Waals surface area contributed by atoms with Gasteiger partial charge >= 0.3 is 6.29 Å². The Morgan fingerprint density at radius 1 is 1.07 bits per heavy atom. The van der Waals surface area contributed by atoms with Gasteiger partial charge in [0, 0.05) is 11.1 Å². The molecule has 0 bridgehead atoms. The van der Waals surface area contributed by atoms with Crippen LogP contribution < -0.4 is 15.2 Å².